The van der Waals surface area contributed by atoms with Crippen LogP contribution in [-0.4, -0.2) is 20.8 Å². The topological polar surface area (TPSA) is 22.9 Å². The number of fused-ring (bicyclic) bond motifs is 1. The molecule has 0 aliphatic carbocycles. The molecule has 1 aliphatic heterocycles. The lowest BCUT2D eigenvalue weighted by molar-refractivity contribution is -0.941. The molecule has 1 heterocycles. The highest BCUT2D eigenvalue weighted by Crippen LogP contribution is 2.36. The van der Waals surface area contributed by atoms with Crippen LogP contribution in [0.5, 0.6) is 11.5 Å². The maximum atomic E-state index is 6.35. The fraction of sp³-hybridized carbons (Fsp3) is 0.250. The predicted octanol–water partition coefficient (Wildman–Crippen LogP) is 4.74. The van der Waals surface area contributed by atoms with E-state index < -0.39 is 0 Å². The summed E-state index contributed by atoms with van der Waals surface area (Å²) in [5.41, 5.74) is 4.97. The van der Waals surface area contributed by atoms with Crippen molar-refractivity contribution in [2.24, 2.45) is 0 Å². The minimum Gasteiger partial charge on any atom is -0.493 e. The largest absolute Gasteiger partial charge is 0.493 e. The van der Waals surface area contributed by atoms with Gasteiger partial charge in [0.25, 0.3) is 0 Å². The average Bonchev–Trinajstić information content (AvgIpc) is 2.72. The summed E-state index contributed by atoms with van der Waals surface area (Å²) in [5, 5.41) is 1.52. The lowest BCUT2D eigenvalue weighted by atomic mass is 9.87. The molecule has 3 aromatic rings. The van der Waals surface area contributed by atoms with Crippen LogP contribution in [0, 0.1) is 0 Å². The number of methoxy groups -OCH3 is 2. The summed E-state index contributed by atoms with van der Waals surface area (Å²) in [4.78, 5) is 1.45. The van der Waals surface area contributed by atoms with Gasteiger partial charge in [0.05, 0.1) is 20.8 Å². The van der Waals surface area contributed by atoms with Crippen LogP contribution in [0.2, 0.25) is 10.0 Å². The quantitative estimate of drug-likeness (QED) is 0.633. The summed E-state index contributed by atoms with van der Waals surface area (Å²) in [6.07, 6.45) is 0.975. The van der Waals surface area contributed by atoms with Gasteiger partial charge in [0, 0.05) is 33.2 Å². The van der Waals surface area contributed by atoms with Crippen LogP contribution >= 0.6 is 23.2 Å². The van der Waals surface area contributed by atoms with Crippen molar-refractivity contribution in [3.63, 3.8) is 0 Å². The van der Waals surface area contributed by atoms with Gasteiger partial charge in [0.1, 0.15) is 12.6 Å². The van der Waals surface area contributed by atoms with E-state index in [1.54, 1.807) is 14.2 Å². The van der Waals surface area contributed by atoms with Crippen LogP contribution in [0.4, 0.5) is 0 Å². The van der Waals surface area contributed by atoms with E-state index >= 15 is 0 Å². The molecule has 2 atom stereocenters. The van der Waals surface area contributed by atoms with Gasteiger partial charge in [-0.2, -0.15) is 0 Å². The summed E-state index contributed by atoms with van der Waals surface area (Å²) >= 11 is 12.6. The van der Waals surface area contributed by atoms with Gasteiger partial charge in [-0.25, -0.2) is 0 Å². The fourth-order valence-electron chi connectivity index (χ4n) is 4.28. The SMILES string of the molecule is COc1cc2c(cc1OC)[C@H](c1cccc(Cl)c1)[NH+](Cc1cccc(Cl)c1)CC2. The zero-order valence-corrected chi connectivity index (χ0v) is 18.1. The second-order valence-electron chi connectivity index (χ2n) is 7.36. The molecule has 0 aromatic heterocycles. The Morgan fingerprint density at radius 1 is 0.897 bits per heavy atom. The molecule has 1 N–H and O–H groups in total. The second kappa shape index (κ2) is 8.66. The van der Waals surface area contributed by atoms with Crippen LogP contribution in [0.25, 0.3) is 0 Å². The Kier molecular flexibility index (Phi) is 6.00. The number of quaternary nitrogens is 1. The molecule has 3 aromatic carbocycles. The van der Waals surface area contributed by atoms with Crippen molar-refractivity contribution in [3.8, 4) is 11.5 Å². The summed E-state index contributed by atoms with van der Waals surface area (Å²) in [5.74, 6) is 1.52. The van der Waals surface area contributed by atoms with Gasteiger partial charge in [-0.05, 0) is 42.0 Å². The van der Waals surface area contributed by atoms with Crippen molar-refractivity contribution < 1.29 is 14.4 Å². The fourth-order valence-corrected chi connectivity index (χ4v) is 4.69. The third-order valence-corrected chi connectivity index (χ3v) is 6.05. The molecule has 4 rings (SSSR count). The van der Waals surface area contributed by atoms with Crippen molar-refractivity contribution in [2.75, 3.05) is 20.8 Å². The number of ether oxygens (including phenoxy) is 2. The molecular formula is C24H24Cl2NO2+. The Labute approximate surface area is 181 Å². The van der Waals surface area contributed by atoms with Crippen LogP contribution in [0.3, 0.4) is 0 Å². The molecule has 0 spiro atoms. The van der Waals surface area contributed by atoms with E-state index in [4.69, 9.17) is 32.7 Å². The molecule has 1 aliphatic rings. The molecule has 0 saturated heterocycles. The van der Waals surface area contributed by atoms with Crippen molar-refractivity contribution in [1.82, 2.24) is 0 Å². The van der Waals surface area contributed by atoms with Crippen LogP contribution in [0.15, 0.2) is 60.7 Å². The maximum absolute atomic E-state index is 6.35. The number of nitrogens with one attached hydrogen (secondary N) is 1. The molecule has 0 fully saturated rings. The number of benzene rings is 3. The standard InChI is InChI=1S/C24H23Cl2NO2/c1-28-22-13-17-9-10-27(15-16-5-3-7-19(25)11-16)24(21(17)14-23(22)29-2)18-6-4-8-20(26)12-18/h3-8,11-14,24H,9-10,15H2,1-2H3/p+1/t24-/m0/s1. The third-order valence-electron chi connectivity index (χ3n) is 5.58. The Morgan fingerprint density at radius 3 is 2.28 bits per heavy atom. The molecular weight excluding hydrogens is 405 g/mol. The Bertz CT molecular complexity index is 1020. The Morgan fingerprint density at radius 2 is 1.59 bits per heavy atom. The van der Waals surface area contributed by atoms with Gasteiger partial charge in [-0.3, -0.25) is 0 Å². The van der Waals surface area contributed by atoms with Crippen molar-refractivity contribution in [1.29, 1.82) is 0 Å². The van der Waals surface area contributed by atoms with E-state index in [0.29, 0.717) is 0 Å². The first-order chi connectivity index (χ1) is 14.1. The van der Waals surface area contributed by atoms with Gasteiger partial charge in [0.15, 0.2) is 11.5 Å². The molecule has 3 nitrogen and oxygen atoms in total. The van der Waals surface area contributed by atoms with Crippen molar-refractivity contribution in [3.05, 3.63) is 93.0 Å². The maximum Gasteiger partial charge on any atom is 0.161 e. The zero-order valence-electron chi connectivity index (χ0n) is 16.5. The lowest BCUT2D eigenvalue weighted by Gasteiger charge is -2.35. The highest BCUT2D eigenvalue weighted by molar-refractivity contribution is 6.30. The molecule has 150 valence electrons. The Balaban J connectivity index is 1.80. The molecule has 0 bridgehead atoms. The minimum atomic E-state index is 0.149. The number of halogens is 2. The van der Waals surface area contributed by atoms with E-state index in [2.05, 4.69) is 30.3 Å². The molecule has 0 radical (unpaired) electrons. The van der Waals surface area contributed by atoms with Gasteiger partial charge < -0.3 is 14.4 Å². The van der Waals surface area contributed by atoms with E-state index in [0.717, 1.165) is 41.1 Å². The van der Waals surface area contributed by atoms with Gasteiger partial charge in [-0.1, -0.05) is 47.5 Å². The van der Waals surface area contributed by atoms with Crippen molar-refractivity contribution >= 4 is 23.2 Å². The molecule has 5 heteroatoms. The summed E-state index contributed by atoms with van der Waals surface area (Å²) in [6.45, 7) is 1.89. The highest BCUT2D eigenvalue weighted by atomic mass is 35.5. The van der Waals surface area contributed by atoms with Gasteiger partial charge in [0.2, 0.25) is 0 Å². The molecule has 0 saturated carbocycles. The Hall–Kier alpha value is -2.20. The van der Waals surface area contributed by atoms with Crippen LogP contribution in [0.1, 0.15) is 28.3 Å². The van der Waals surface area contributed by atoms with E-state index in [9.17, 15) is 0 Å². The second-order valence-corrected chi connectivity index (χ2v) is 8.23. The number of rotatable bonds is 5. The minimum absolute atomic E-state index is 0.149. The number of hydrogen-bond acceptors (Lipinski definition) is 2. The molecule has 0 amide bonds. The summed E-state index contributed by atoms with van der Waals surface area (Å²) in [7, 11) is 3.36. The highest BCUT2D eigenvalue weighted by Gasteiger charge is 2.34. The third kappa shape index (κ3) is 4.23. The monoisotopic (exact) mass is 428 g/mol. The van der Waals surface area contributed by atoms with Gasteiger partial charge >= 0.3 is 0 Å². The summed E-state index contributed by atoms with van der Waals surface area (Å²) in [6, 6.07) is 20.6. The predicted molar refractivity (Wildman–Crippen MR) is 118 cm³/mol. The van der Waals surface area contributed by atoms with E-state index in [1.807, 2.05) is 30.3 Å². The molecule has 1 unspecified atom stereocenters. The lowest BCUT2D eigenvalue weighted by Crippen LogP contribution is -3.12. The number of hydrogen-bond donors (Lipinski definition) is 1. The first-order valence-corrected chi connectivity index (χ1v) is 10.4. The van der Waals surface area contributed by atoms with E-state index in [-0.39, 0.29) is 6.04 Å². The molecule has 29 heavy (non-hydrogen) atoms. The van der Waals surface area contributed by atoms with Crippen molar-refractivity contribution in [2.45, 2.75) is 19.0 Å². The normalized spacial score (nSPS) is 18.2. The average molecular weight is 429 g/mol. The first kappa shape index (κ1) is 20.1. The van der Waals surface area contributed by atoms with Gasteiger partial charge in [-0.15, -0.1) is 0 Å². The van der Waals surface area contributed by atoms with E-state index in [1.165, 1.54) is 27.2 Å². The van der Waals surface area contributed by atoms with Crippen LogP contribution < -0.4 is 14.4 Å². The summed E-state index contributed by atoms with van der Waals surface area (Å²) < 4.78 is 11.1. The smallest absolute Gasteiger partial charge is 0.161 e. The first-order valence-electron chi connectivity index (χ1n) is 9.68. The van der Waals surface area contributed by atoms with Crippen LogP contribution in [-0.2, 0) is 13.0 Å². The zero-order chi connectivity index (χ0) is 20.4.